The average Bonchev–Trinajstić information content (AvgIpc) is 3.46. The molecule has 8 heteroatoms. The van der Waals surface area contributed by atoms with Crippen LogP contribution in [0.1, 0.15) is 57.7 Å². The largest absolute Gasteiger partial charge is 0.349 e. The van der Waals surface area contributed by atoms with Gasteiger partial charge in [0.2, 0.25) is 29.0 Å². The maximum Gasteiger partial charge on any atom is 0.241 e. The molecule has 0 bridgehead atoms. The third-order valence-corrected chi connectivity index (χ3v) is 8.35. The van der Waals surface area contributed by atoms with Gasteiger partial charge < -0.3 is 4.74 Å². The fourth-order valence-corrected chi connectivity index (χ4v) is 6.06. The molecule has 3 aromatic rings. The first-order valence-corrected chi connectivity index (χ1v) is 12.7. The molecule has 1 aliphatic carbocycles. The number of amides is 2. The van der Waals surface area contributed by atoms with E-state index in [1.54, 1.807) is 24.3 Å². The normalized spacial score (nSPS) is 23.9. The molecular weight excluding hydrogens is 513 g/mol. The molecule has 2 fully saturated rings. The Morgan fingerprint density at radius 3 is 2.00 bits per heavy atom. The minimum absolute atomic E-state index is 0.170. The Morgan fingerprint density at radius 1 is 0.811 bits per heavy atom. The van der Waals surface area contributed by atoms with Crippen molar-refractivity contribution in [2.24, 2.45) is 11.8 Å². The molecule has 3 atom stereocenters. The van der Waals surface area contributed by atoms with Crippen LogP contribution < -0.4 is 4.90 Å². The number of benzene rings is 3. The van der Waals surface area contributed by atoms with Crippen LogP contribution in [0.25, 0.3) is 0 Å². The predicted molar refractivity (Wildman–Crippen MR) is 138 cm³/mol. The Labute approximate surface area is 223 Å². The van der Waals surface area contributed by atoms with Crippen LogP contribution in [0.5, 0.6) is 0 Å². The van der Waals surface area contributed by atoms with Crippen LogP contribution in [-0.2, 0) is 14.3 Å². The third-order valence-electron chi connectivity index (χ3n) is 7.61. The van der Waals surface area contributed by atoms with Gasteiger partial charge in [0.25, 0.3) is 0 Å². The van der Waals surface area contributed by atoms with E-state index in [1.165, 1.54) is 18.2 Å². The van der Waals surface area contributed by atoms with Gasteiger partial charge in [0, 0.05) is 11.1 Å². The Kier molecular flexibility index (Phi) is 5.42. The number of nitrogens with zero attached hydrogens (tertiary/aromatic N) is 1. The number of hydrogen-bond donors (Lipinski definition) is 0. The van der Waals surface area contributed by atoms with E-state index in [1.807, 2.05) is 24.3 Å². The Hall–Kier alpha value is -3.32. The minimum atomic E-state index is -2.12. The van der Waals surface area contributed by atoms with Crippen molar-refractivity contribution >= 4 is 52.3 Å². The van der Waals surface area contributed by atoms with Crippen molar-refractivity contribution < 1.29 is 23.9 Å². The number of carbonyl (C=O) groups excluding carboxylic acids is 4. The van der Waals surface area contributed by atoms with Crippen molar-refractivity contribution in [1.29, 1.82) is 0 Å². The maximum absolute atomic E-state index is 14.0. The molecule has 2 heterocycles. The van der Waals surface area contributed by atoms with Crippen molar-refractivity contribution in [1.82, 2.24) is 0 Å². The third kappa shape index (κ3) is 3.22. The second-order valence-electron chi connectivity index (χ2n) is 9.91. The summed E-state index contributed by atoms with van der Waals surface area (Å²) in [6.07, 6.45) is -0.974. The first-order valence-electron chi connectivity index (χ1n) is 12.0. The lowest BCUT2D eigenvalue weighted by atomic mass is 9.77. The van der Waals surface area contributed by atoms with Crippen LogP contribution >= 0.6 is 23.2 Å². The van der Waals surface area contributed by atoms with Gasteiger partial charge >= 0.3 is 0 Å². The van der Waals surface area contributed by atoms with Gasteiger partial charge in [0.05, 0.1) is 33.7 Å². The molecule has 0 N–H and O–H groups in total. The number of fused-ring (bicyclic) bond motifs is 3. The van der Waals surface area contributed by atoms with Gasteiger partial charge in [0.15, 0.2) is 0 Å². The number of rotatable bonds is 3. The lowest BCUT2D eigenvalue weighted by molar-refractivity contribution is -0.127. The lowest BCUT2D eigenvalue weighted by Crippen LogP contribution is -2.51. The second kappa shape index (κ2) is 8.35. The van der Waals surface area contributed by atoms with E-state index >= 15 is 0 Å². The monoisotopic (exact) mass is 533 g/mol. The van der Waals surface area contributed by atoms with Crippen LogP contribution in [0, 0.1) is 11.8 Å². The van der Waals surface area contributed by atoms with Gasteiger partial charge in [-0.1, -0.05) is 85.6 Å². The lowest BCUT2D eigenvalue weighted by Gasteiger charge is -2.27. The molecule has 186 valence electrons. The van der Waals surface area contributed by atoms with Gasteiger partial charge in [-0.2, -0.15) is 0 Å². The minimum Gasteiger partial charge on any atom is -0.349 e. The van der Waals surface area contributed by atoms with Crippen LogP contribution in [-0.4, -0.2) is 29.0 Å². The van der Waals surface area contributed by atoms with Crippen molar-refractivity contribution in [3.63, 3.8) is 0 Å². The van der Waals surface area contributed by atoms with Crippen LogP contribution in [0.3, 0.4) is 0 Å². The van der Waals surface area contributed by atoms with E-state index in [2.05, 4.69) is 13.8 Å². The Bertz CT molecular complexity index is 1480. The van der Waals surface area contributed by atoms with Crippen LogP contribution in [0.4, 0.5) is 5.69 Å². The molecule has 6 nitrogen and oxygen atoms in total. The summed E-state index contributed by atoms with van der Waals surface area (Å²) in [5, 5.41) is 0.438. The fourth-order valence-electron chi connectivity index (χ4n) is 5.77. The number of imide groups is 1. The standard InChI is InChI=1S/C29H21Cl2NO5/c1-14(2)15-7-9-16(10-8-15)24-22-23(28(36)32(27(22)35)17-11-12-20(30)21(31)13-17)29(37-24)25(33)18-5-3-4-6-19(18)26(29)34/h3-14,22-24H,1-2H3/t22-,23-,24+/m0/s1. The molecule has 0 unspecified atom stereocenters. The molecule has 0 saturated carbocycles. The molecule has 2 aliphatic heterocycles. The first-order chi connectivity index (χ1) is 17.7. The summed E-state index contributed by atoms with van der Waals surface area (Å²) in [7, 11) is 0. The van der Waals surface area contributed by atoms with E-state index in [0.29, 0.717) is 5.56 Å². The number of anilines is 1. The average molecular weight is 534 g/mol. The highest BCUT2D eigenvalue weighted by Gasteiger charge is 2.74. The zero-order chi connectivity index (χ0) is 26.2. The highest BCUT2D eigenvalue weighted by molar-refractivity contribution is 6.42. The number of Topliss-reactive ketones (excluding diaryl/α,β-unsaturated/α-hetero) is 2. The van der Waals surface area contributed by atoms with Gasteiger partial charge in [-0.3, -0.25) is 19.2 Å². The summed E-state index contributed by atoms with van der Waals surface area (Å²) in [5.41, 5.74) is 0.182. The van der Waals surface area contributed by atoms with Crippen molar-refractivity contribution in [2.45, 2.75) is 31.5 Å². The predicted octanol–water partition coefficient (Wildman–Crippen LogP) is 5.81. The highest BCUT2D eigenvalue weighted by atomic mass is 35.5. The van der Waals surface area contributed by atoms with Crippen molar-refractivity contribution in [2.75, 3.05) is 4.90 Å². The molecule has 1 spiro atoms. The van der Waals surface area contributed by atoms with Gasteiger partial charge in [-0.15, -0.1) is 0 Å². The number of halogens is 2. The molecule has 3 aliphatic rings. The molecule has 6 rings (SSSR count). The topological polar surface area (TPSA) is 80.8 Å². The van der Waals surface area contributed by atoms with Crippen molar-refractivity contribution in [3.05, 3.63) is 99.0 Å². The summed E-state index contributed by atoms with van der Waals surface area (Å²) < 4.78 is 6.32. The molecule has 0 aromatic heterocycles. The summed E-state index contributed by atoms with van der Waals surface area (Å²) in [6.45, 7) is 4.13. The summed E-state index contributed by atoms with van der Waals surface area (Å²) in [5.74, 6) is -4.54. The zero-order valence-corrected chi connectivity index (χ0v) is 21.4. The molecule has 3 aromatic carbocycles. The van der Waals surface area contributed by atoms with E-state index < -0.39 is 46.9 Å². The smallest absolute Gasteiger partial charge is 0.241 e. The first kappa shape index (κ1) is 24.0. The van der Waals surface area contributed by atoms with E-state index in [-0.39, 0.29) is 32.8 Å². The SMILES string of the molecule is CC(C)c1ccc([C@H]2OC3(C(=O)c4ccccc4C3=O)[C@@H]3C(=O)N(c4ccc(Cl)c(Cl)c4)C(=O)[C@H]23)cc1. The molecule has 2 saturated heterocycles. The van der Waals surface area contributed by atoms with Gasteiger partial charge in [0.1, 0.15) is 0 Å². The van der Waals surface area contributed by atoms with E-state index in [4.69, 9.17) is 27.9 Å². The number of hydrogen-bond acceptors (Lipinski definition) is 5. The Balaban J connectivity index is 1.52. The van der Waals surface area contributed by atoms with Crippen LogP contribution in [0.2, 0.25) is 10.0 Å². The summed E-state index contributed by atoms with van der Waals surface area (Å²) in [4.78, 5) is 56.5. The molecular formula is C29H21Cl2NO5. The Morgan fingerprint density at radius 2 is 1.43 bits per heavy atom. The van der Waals surface area contributed by atoms with Gasteiger partial charge in [-0.25, -0.2) is 4.90 Å². The summed E-state index contributed by atoms with van der Waals surface area (Å²) >= 11 is 12.2. The van der Waals surface area contributed by atoms with Crippen molar-refractivity contribution in [3.8, 4) is 0 Å². The summed E-state index contributed by atoms with van der Waals surface area (Å²) in [6, 6.07) is 18.3. The quantitative estimate of drug-likeness (QED) is 0.313. The van der Waals surface area contributed by atoms with E-state index in [9.17, 15) is 19.2 Å². The number of carbonyl (C=O) groups is 4. The van der Waals surface area contributed by atoms with Crippen LogP contribution in [0.15, 0.2) is 66.7 Å². The zero-order valence-electron chi connectivity index (χ0n) is 19.9. The van der Waals surface area contributed by atoms with E-state index in [0.717, 1.165) is 10.5 Å². The number of ether oxygens (including phenoxy) is 1. The maximum atomic E-state index is 14.0. The fraction of sp³-hybridized carbons (Fsp3) is 0.241. The molecule has 2 amide bonds. The molecule has 0 radical (unpaired) electrons. The second-order valence-corrected chi connectivity index (χ2v) is 10.7. The highest BCUT2D eigenvalue weighted by Crippen LogP contribution is 2.57. The van der Waals surface area contributed by atoms with Gasteiger partial charge in [-0.05, 0) is 35.2 Å². The number of ketones is 2. The molecule has 37 heavy (non-hydrogen) atoms.